The molecule has 0 aromatic heterocycles. The SMILES string of the molecule is CC/C=C\C/C=C\C/C=C\C/C=C\C/C=C\C/C=C\CCC(=O)NCCN(C)CCNC(=O)C[C@H](O)C[C@@H](O)CC[C@@H]1C2C(=C[C@H](C)CC2OC(=O)C(C)(C)CC)C=C[C@@H]1C. The largest absolute Gasteiger partial charge is 0.461 e. The minimum absolute atomic E-state index is 0.0222. The minimum Gasteiger partial charge on any atom is -0.461 e. The van der Waals surface area contributed by atoms with Gasteiger partial charge in [-0.3, -0.25) is 14.4 Å². The Balaban J connectivity index is 1.56. The molecule has 0 saturated heterocycles. The lowest BCUT2D eigenvalue weighted by Crippen LogP contribution is -2.43. The predicted molar refractivity (Wildman–Crippen MR) is 253 cm³/mol. The van der Waals surface area contributed by atoms with Crippen molar-refractivity contribution in [3.63, 3.8) is 0 Å². The fourth-order valence-corrected chi connectivity index (χ4v) is 7.68. The molecule has 2 amide bonds. The van der Waals surface area contributed by atoms with Crippen molar-refractivity contribution in [1.82, 2.24) is 15.5 Å². The van der Waals surface area contributed by atoms with Crippen LogP contribution in [-0.2, 0) is 19.1 Å². The number of aliphatic hydroxyl groups is 2. The zero-order valence-corrected chi connectivity index (χ0v) is 38.9. The molecule has 4 N–H and O–H groups in total. The number of allylic oxidation sites excluding steroid dienone is 15. The van der Waals surface area contributed by atoms with Crippen molar-refractivity contribution in [3.8, 4) is 0 Å². The highest BCUT2D eigenvalue weighted by atomic mass is 16.5. The lowest BCUT2D eigenvalue weighted by atomic mass is 9.65. The summed E-state index contributed by atoms with van der Waals surface area (Å²) in [6.45, 7) is 14.6. The molecule has 9 nitrogen and oxygen atoms in total. The normalized spacial score (nSPS) is 21.9. The molecule has 2 unspecified atom stereocenters. The molecule has 0 radical (unpaired) electrons. The van der Waals surface area contributed by atoms with Crippen molar-refractivity contribution in [2.45, 2.75) is 150 Å². The number of carbonyl (C=O) groups is 3. The van der Waals surface area contributed by atoms with E-state index >= 15 is 0 Å². The second kappa shape index (κ2) is 31.1. The smallest absolute Gasteiger partial charge is 0.311 e. The lowest BCUT2D eigenvalue weighted by Gasteiger charge is -2.44. The van der Waals surface area contributed by atoms with Crippen LogP contribution in [0.15, 0.2) is 96.7 Å². The highest BCUT2D eigenvalue weighted by Crippen LogP contribution is 2.45. The van der Waals surface area contributed by atoms with Gasteiger partial charge in [0.2, 0.25) is 11.8 Å². The van der Waals surface area contributed by atoms with Gasteiger partial charge in [0.1, 0.15) is 6.10 Å². The Morgan fingerprint density at radius 1 is 0.820 bits per heavy atom. The topological polar surface area (TPSA) is 128 Å². The summed E-state index contributed by atoms with van der Waals surface area (Å²) in [5.41, 5.74) is 0.671. The van der Waals surface area contributed by atoms with Crippen molar-refractivity contribution in [3.05, 3.63) is 96.7 Å². The van der Waals surface area contributed by atoms with Crippen LogP contribution in [0.25, 0.3) is 0 Å². The third-order valence-electron chi connectivity index (χ3n) is 11.9. The molecule has 2 aliphatic carbocycles. The first kappa shape index (κ1) is 53.3. The van der Waals surface area contributed by atoms with Crippen LogP contribution in [-0.4, -0.2) is 84.4 Å². The summed E-state index contributed by atoms with van der Waals surface area (Å²) in [6, 6.07) is 0. The Morgan fingerprint density at radius 2 is 1.36 bits per heavy atom. The molecule has 0 bridgehead atoms. The van der Waals surface area contributed by atoms with Gasteiger partial charge < -0.3 is 30.5 Å². The van der Waals surface area contributed by atoms with Crippen LogP contribution in [0.4, 0.5) is 0 Å². The zero-order chi connectivity index (χ0) is 44.9. The number of nitrogens with zero attached hydrogens (tertiary/aromatic N) is 1. The molecule has 9 heteroatoms. The Kier molecular flexibility index (Phi) is 27.2. The van der Waals surface area contributed by atoms with Crippen molar-refractivity contribution in [2.24, 2.45) is 29.1 Å². The average Bonchev–Trinajstić information content (AvgIpc) is 3.21. The Labute approximate surface area is 370 Å². The maximum Gasteiger partial charge on any atom is 0.311 e. The average molecular weight is 846 g/mol. The summed E-state index contributed by atoms with van der Waals surface area (Å²) in [7, 11) is 1.94. The van der Waals surface area contributed by atoms with Gasteiger partial charge >= 0.3 is 5.97 Å². The summed E-state index contributed by atoms with van der Waals surface area (Å²) in [4.78, 5) is 40.0. The summed E-state index contributed by atoms with van der Waals surface area (Å²) >= 11 is 0. The van der Waals surface area contributed by atoms with Gasteiger partial charge in [-0.15, -0.1) is 0 Å². The number of nitrogens with one attached hydrogen (secondary N) is 2. The van der Waals surface area contributed by atoms with E-state index in [1.807, 2.05) is 32.7 Å². The first-order valence-corrected chi connectivity index (χ1v) is 23.4. The number of aliphatic hydroxyl groups excluding tert-OH is 2. The molecule has 0 saturated carbocycles. The van der Waals surface area contributed by atoms with E-state index in [1.165, 1.54) is 5.57 Å². The van der Waals surface area contributed by atoms with Gasteiger partial charge in [0.25, 0.3) is 0 Å². The Morgan fingerprint density at radius 3 is 1.92 bits per heavy atom. The maximum atomic E-state index is 13.1. The minimum atomic E-state index is -0.949. The number of ether oxygens (including phenoxy) is 1. The number of hydrogen-bond donors (Lipinski definition) is 4. The molecule has 61 heavy (non-hydrogen) atoms. The Hall–Kier alpha value is -3.79. The van der Waals surface area contributed by atoms with E-state index in [4.69, 9.17) is 4.74 Å². The van der Waals surface area contributed by atoms with Crippen molar-refractivity contribution < 1.29 is 29.3 Å². The lowest BCUT2D eigenvalue weighted by molar-refractivity contribution is -0.164. The van der Waals surface area contributed by atoms with Crippen molar-refractivity contribution >= 4 is 17.8 Å². The van der Waals surface area contributed by atoms with Crippen LogP contribution in [0.2, 0.25) is 0 Å². The van der Waals surface area contributed by atoms with E-state index < -0.39 is 17.6 Å². The molecule has 0 heterocycles. The highest BCUT2D eigenvalue weighted by Gasteiger charge is 2.43. The van der Waals surface area contributed by atoms with Gasteiger partial charge in [0, 0.05) is 38.5 Å². The molecule has 342 valence electrons. The highest BCUT2D eigenvalue weighted by molar-refractivity contribution is 5.77. The van der Waals surface area contributed by atoms with Crippen LogP contribution >= 0.6 is 0 Å². The third-order valence-corrected chi connectivity index (χ3v) is 11.9. The van der Waals surface area contributed by atoms with E-state index in [2.05, 4.69) is 123 Å². The van der Waals surface area contributed by atoms with Crippen LogP contribution in [0.5, 0.6) is 0 Å². The first-order valence-electron chi connectivity index (χ1n) is 23.4. The summed E-state index contributed by atoms with van der Waals surface area (Å²) in [5.74, 6) is 0.441. The summed E-state index contributed by atoms with van der Waals surface area (Å²) in [6.07, 6.45) is 40.5. The molecule has 0 spiro atoms. The first-order chi connectivity index (χ1) is 29.3. The van der Waals surface area contributed by atoms with Gasteiger partial charge in [-0.05, 0) is 121 Å². The van der Waals surface area contributed by atoms with E-state index in [9.17, 15) is 24.6 Å². The number of hydrogen-bond acceptors (Lipinski definition) is 7. The van der Waals surface area contributed by atoms with E-state index in [1.54, 1.807) is 0 Å². The standard InChI is InChI=1S/C52H83N3O6/c1-8-10-11-12-13-14-15-16-17-18-19-20-21-22-23-24-25-26-27-28-48(58)53-33-35-55(7)36-34-54-49(59)40-45(57)39-44(56)31-32-46-42(4)29-30-43-37-41(3)38-47(50(43)46)61-51(60)52(5,6)9-2/h10-11,13-14,16-17,19-20,22-23,25-26,29-30,37,41-42,44-47,50,56-57H,8-9,12,15,18,21,24,27-28,31-36,38-40H2,1-7H3,(H,53,58)(H,54,59)/b11-10-,14-13-,17-16-,20-19-,23-22-,26-25-/t41-,42-,44-,45+,46-,47?,50?/m0/s1. The number of carbonyl (C=O) groups excluding carboxylic acids is 3. The monoisotopic (exact) mass is 846 g/mol. The maximum absolute atomic E-state index is 13.1. The predicted octanol–water partition coefficient (Wildman–Crippen LogP) is 9.66. The number of rotatable bonds is 30. The Bertz CT molecular complexity index is 1520. The fourth-order valence-electron chi connectivity index (χ4n) is 7.68. The summed E-state index contributed by atoms with van der Waals surface area (Å²) < 4.78 is 6.22. The van der Waals surface area contributed by atoms with Gasteiger partial charge in [-0.2, -0.15) is 0 Å². The number of fused-ring (bicyclic) bond motifs is 1. The van der Waals surface area contributed by atoms with Gasteiger partial charge in [-0.1, -0.05) is 119 Å². The molecule has 0 fully saturated rings. The molecule has 2 rings (SSSR count). The fraction of sp³-hybridized carbons (Fsp3) is 0.635. The molecule has 0 aromatic rings. The second-order valence-electron chi connectivity index (χ2n) is 17.8. The molecule has 0 aliphatic heterocycles. The molecule has 2 aliphatic rings. The third kappa shape index (κ3) is 23.3. The van der Waals surface area contributed by atoms with Gasteiger partial charge in [0.15, 0.2) is 0 Å². The number of likely N-dealkylation sites (N-methyl/N-ethyl adjacent to an activating group) is 1. The second-order valence-corrected chi connectivity index (χ2v) is 17.8. The number of esters is 1. The zero-order valence-electron chi connectivity index (χ0n) is 38.9. The van der Waals surface area contributed by atoms with Crippen LogP contribution in [0.1, 0.15) is 131 Å². The molecular weight excluding hydrogens is 763 g/mol. The van der Waals surface area contributed by atoms with E-state index in [0.717, 1.165) is 51.4 Å². The number of amides is 2. The van der Waals surface area contributed by atoms with Crippen LogP contribution in [0, 0.1) is 29.1 Å². The van der Waals surface area contributed by atoms with Crippen molar-refractivity contribution in [1.29, 1.82) is 0 Å². The van der Waals surface area contributed by atoms with Crippen molar-refractivity contribution in [2.75, 3.05) is 33.2 Å². The van der Waals surface area contributed by atoms with Crippen LogP contribution < -0.4 is 10.6 Å². The van der Waals surface area contributed by atoms with Gasteiger partial charge in [-0.25, -0.2) is 0 Å². The molecule has 7 atom stereocenters. The molecule has 0 aromatic carbocycles. The van der Waals surface area contributed by atoms with E-state index in [0.29, 0.717) is 57.8 Å². The van der Waals surface area contributed by atoms with Gasteiger partial charge in [0.05, 0.1) is 24.0 Å². The quantitative estimate of drug-likeness (QED) is 0.0419. The summed E-state index contributed by atoms with van der Waals surface area (Å²) in [5, 5.41) is 27.4. The van der Waals surface area contributed by atoms with E-state index in [-0.39, 0.29) is 54.5 Å². The molecular formula is C52H83N3O6. The van der Waals surface area contributed by atoms with Crippen LogP contribution in [0.3, 0.4) is 0 Å².